The number of H-pyrrole nitrogens is 1. The van der Waals surface area contributed by atoms with Crippen LogP contribution in [-0.4, -0.2) is 31.5 Å². The summed E-state index contributed by atoms with van der Waals surface area (Å²) in [5.74, 6) is 1.69. The van der Waals surface area contributed by atoms with Crippen LogP contribution in [-0.2, 0) is 25.9 Å². The quantitative estimate of drug-likeness (QED) is 0.261. The number of aromatic amines is 1. The molecule has 0 aliphatic carbocycles. The Hall–Kier alpha value is -4.11. The first-order valence-electron chi connectivity index (χ1n) is 11.5. The molecule has 1 aromatic carbocycles. The van der Waals surface area contributed by atoms with Crippen molar-refractivity contribution < 1.29 is 8.81 Å². The van der Waals surface area contributed by atoms with E-state index in [1.54, 1.807) is 24.5 Å². The number of imidazole rings is 1. The molecule has 8 nitrogen and oxygen atoms in total. The Balaban J connectivity index is 1.18. The van der Waals surface area contributed by atoms with E-state index in [-0.39, 0.29) is 12.4 Å². The molecule has 0 unspecified atom stereocenters. The number of nitrogens with one attached hydrogen (secondary N) is 3. The fourth-order valence-corrected chi connectivity index (χ4v) is 3.94. The molecule has 0 atom stereocenters. The zero-order valence-electron chi connectivity index (χ0n) is 19.4. The lowest BCUT2D eigenvalue weighted by Crippen LogP contribution is -2.18. The van der Waals surface area contributed by atoms with Crippen LogP contribution in [0.1, 0.15) is 34.4 Å². The summed E-state index contributed by atoms with van der Waals surface area (Å²) in [6, 6.07) is 15.1. The van der Waals surface area contributed by atoms with Crippen molar-refractivity contribution in [3.05, 3.63) is 101 Å². The van der Waals surface area contributed by atoms with Crippen molar-refractivity contribution in [3.63, 3.8) is 0 Å². The van der Waals surface area contributed by atoms with E-state index in [4.69, 9.17) is 4.42 Å². The number of fused-ring (bicyclic) bond motifs is 1. The summed E-state index contributed by atoms with van der Waals surface area (Å²) in [5.41, 5.74) is 4.95. The summed E-state index contributed by atoms with van der Waals surface area (Å²) < 4.78 is 19.8. The van der Waals surface area contributed by atoms with Crippen molar-refractivity contribution in [1.29, 1.82) is 0 Å². The van der Waals surface area contributed by atoms with E-state index in [0.29, 0.717) is 48.0 Å². The van der Waals surface area contributed by atoms with E-state index in [1.807, 2.05) is 25.1 Å². The van der Waals surface area contributed by atoms with Crippen molar-refractivity contribution in [1.82, 2.24) is 30.2 Å². The first-order chi connectivity index (χ1) is 17.2. The van der Waals surface area contributed by atoms with Gasteiger partial charge in [0.2, 0.25) is 0 Å². The van der Waals surface area contributed by atoms with E-state index >= 15 is 0 Å². The minimum atomic E-state index is -0.363. The van der Waals surface area contributed by atoms with Crippen LogP contribution in [0.3, 0.4) is 0 Å². The third kappa shape index (κ3) is 5.52. The number of anilines is 1. The summed E-state index contributed by atoms with van der Waals surface area (Å²) in [5, 5.41) is 6.55. The van der Waals surface area contributed by atoms with E-state index < -0.39 is 0 Å². The maximum atomic E-state index is 13.9. The average molecular weight is 472 g/mol. The van der Waals surface area contributed by atoms with Gasteiger partial charge in [-0.25, -0.2) is 19.3 Å². The highest BCUT2D eigenvalue weighted by Crippen LogP contribution is 2.22. The first-order valence-corrected chi connectivity index (χ1v) is 11.5. The van der Waals surface area contributed by atoms with Crippen molar-refractivity contribution in [3.8, 4) is 0 Å². The molecule has 0 aliphatic heterocycles. The summed E-state index contributed by atoms with van der Waals surface area (Å²) in [7, 11) is 0. The van der Waals surface area contributed by atoms with Gasteiger partial charge in [0.15, 0.2) is 22.8 Å². The number of halogens is 1. The Bertz CT molecular complexity index is 1410. The van der Waals surface area contributed by atoms with Crippen molar-refractivity contribution >= 4 is 16.9 Å². The molecule has 4 aromatic heterocycles. The van der Waals surface area contributed by atoms with Crippen molar-refractivity contribution in [2.75, 3.05) is 11.9 Å². The molecular formula is C26H26FN7O. The molecule has 0 saturated heterocycles. The SMILES string of the molecule is Cc1nc(CNCCc2nc3c(NCc4ncccc4F)nccc3o2)c(Cc2ccccc2)[nH]1. The van der Waals surface area contributed by atoms with Crippen LogP contribution in [0.2, 0.25) is 0 Å². The van der Waals surface area contributed by atoms with Gasteiger partial charge in [-0.05, 0) is 24.6 Å². The van der Waals surface area contributed by atoms with Crippen molar-refractivity contribution in [2.24, 2.45) is 0 Å². The predicted molar refractivity (Wildman–Crippen MR) is 131 cm³/mol. The van der Waals surface area contributed by atoms with Crippen LogP contribution >= 0.6 is 0 Å². The average Bonchev–Trinajstić information content (AvgIpc) is 3.44. The standard InChI is InChI=1S/C26H26FN7O/c1-17-32-20(14-18-6-3-2-4-7-18)22(33-17)15-28-12-10-24-34-25-23(35-24)9-13-30-26(25)31-16-21-19(27)8-5-11-29-21/h2-9,11,13,28H,10,12,14-16H2,1H3,(H,30,31)(H,32,33). The van der Waals surface area contributed by atoms with Gasteiger partial charge in [0.25, 0.3) is 0 Å². The number of aryl methyl sites for hydroxylation is 1. The molecule has 9 heteroatoms. The van der Waals surface area contributed by atoms with Gasteiger partial charge in [0.05, 0.1) is 17.9 Å². The van der Waals surface area contributed by atoms with E-state index in [9.17, 15) is 4.39 Å². The molecule has 0 aliphatic rings. The van der Waals surface area contributed by atoms with Gasteiger partial charge in [0, 0.05) is 50.1 Å². The summed E-state index contributed by atoms with van der Waals surface area (Å²) in [6.45, 7) is 3.50. The third-order valence-corrected chi connectivity index (χ3v) is 5.62. The number of hydrogen-bond donors (Lipinski definition) is 3. The highest BCUT2D eigenvalue weighted by Gasteiger charge is 2.13. The molecule has 0 saturated carbocycles. The topological polar surface area (TPSA) is 105 Å². The zero-order valence-corrected chi connectivity index (χ0v) is 19.4. The fourth-order valence-electron chi connectivity index (χ4n) is 3.94. The van der Waals surface area contributed by atoms with E-state index in [2.05, 4.69) is 47.7 Å². The highest BCUT2D eigenvalue weighted by molar-refractivity contribution is 5.83. The number of aromatic nitrogens is 5. The van der Waals surface area contributed by atoms with Crippen LogP contribution in [0, 0.1) is 12.7 Å². The molecule has 0 radical (unpaired) electrons. The molecule has 35 heavy (non-hydrogen) atoms. The molecule has 0 amide bonds. The highest BCUT2D eigenvalue weighted by atomic mass is 19.1. The second kappa shape index (κ2) is 10.4. The number of hydrogen-bond acceptors (Lipinski definition) is 7. The second-order valence-electron chi connectivity index (χ2n) is 8.24. The monoisotopic (exact) mass is 471 g/mol. The van der Waals surface area contributed by atoms with Crippen LogP contribution in [0.5, 0.6) is 0 Å². The molecule has 0 bridgehead atoms. The minimum absolute atomic E-state index is 0.205. The van der Waals surface area contributed by atoms with Gasteiger partial charge in [-0.15, -0.1) is 0 Å². The lowest BCUT2D eigenvalue weighted by molar-refractivity contribution is 0.513. The van der Waals surface area contributed by atoms with Crippen LogP contribution in [0.15, 0.2) is 65.3 Å². The third-order valence-electron chi connectivity index (χ3n) is 5.62. The number of nitrogens with zero attached hydrogens (tertiary/aromatic N) is 4. The molecule has 5 rings (SSSR count). The lowest BCUT2D eigenvalue weighted by atomic mass is 10.1. The number of rotatable bonds is 10. The number of oxazole rings is 1. The lowest BCUT2D eigenvalue weighted by Gasteiger charge is -2.05. The Morgan fingerprint density at radius 2 is 1.83 bits per heavy atom. The van der Waals surface area contributed by atoms with Gasteiger partial charge in [-0.1, -0.05) is 30.3 Å². The first kappa shape index (κ1) is 22.7. The van der Waals surface area contributed by atoms with E-state index in [0.717, 1.165) is 23.6 Å². The number of pyridine rings is 2. The summed E-state index contributed by atoms with van der Waals surface area (Å²) in [4.78, 5) is 21.0. The summed E-state index contributed by atoms with van der Waals surface area (Å²) in [6.07, 6.45) is 4.63. The molecular weight excluding hydrogens is 445 g/mol. The normalized spacial score (nSPS) is 11.3. The summed E-state index contributed by atoms with van der Waals surface area (Å²) >= 11 is 0. The van der Waals surface area contributed by atoms with E-state index in [1.165, 1.54) is 11.6 Å². The number of benzene rings is 1. The molecule has 178 valence electrons. The van der Waals surface area contributed by atoms with Crippen molar-refractivity contribution in [2.45, 2.75) is 32.9 Å². The Kier molecular flexibility index (Phi) is 6.76. The minimum Gasteiger partial charge on any atom is -0.440 e. The molecule has 4 heterocycles. The predicted octanol–water partition coefficient (Wildman–Crippen LogP) is 4.32. The Morgan fingerprint density at radius 1 is 0.943 bits per heavy atom. The molecule has 5 aromatic rings. The van der Waals surface area contributed by atoms with Crippen LogP contribution < -0.4 is 10.6 Å². The maximum Gasteiger partial charge on any atom is 0.196 e. The zero-order chi connectivity index (χ0) is 24.0. The second-order valence-corrected chi connectivity index (χ2v) is 8.24. The van der Waals surface area contributed by atoms with Gasteiger partial charge >= 0.3 is 0 Å². The van der Waals surface area contributed by atoms with Gasteiger partial charge in [-0.2, -0.15) is 0 Å². The van der Waals surface area contributed by atoms with Gasteiger partial charge in [-0.3, -0.25) is 4.98 Å². The smallest absolute Gasteiger partial charge is 0.196 e. The molecule has 0 spiro atoms. The Morgan fingerprint density at radius 3 is 2.69 bits per heavy atom. The maximum absolute atomic E-state index is 13.9. The van der Waals surface area contributed by atoms with Gasteiger partial charge < -0.3 is 20.0 Å². The van der Waals surface area contributed by atoms with Gasteiger partial charge in [0.1, 0.15) is 11.6 Å². The fraction of sp³-hybridized carbons (Fsp3) is 0.231. The largest absolute Gasteiger partial charge is 0.440 e. The molecule has 0 fully saturated rings. The Labute approximate surface area is 202 Å². The molecule has 3 N–H and O–H groups in total. The van der Waals surface area contributed by atoms with Crippen LogP contribution in [0.4, 0.5) is 10.2 Å². The van der Waals surface area contributed by atoms with Crippen LogP contribution in [0.25, 0.3) is 11.1 Å².